The lowest BCUT2D eigenvalue weighted by atomic mass is 10.2. The third-order valence-corrected chi connectivity index (χ3v) is 3.56. The van der Waals surface area contributed by atoms with Gasteiger partial charge in [0.15, 0.2) is 0 Å². The summed E-state index contributed by atoms with van der Waals surface area (Å²) in [6.07, 6.45) is 1.50. The van der Waals surface area contributed by atoms with Gasteiger partial charge < -0.3 is 10.0 Å². The number of aliphatic hydroxyl groups is 1. The summed E-state index contributed by atoms with van der Waals surface area (Å²) in [4.78, 5) is 13.3. The number of sulfonamides is 1. The van der Waals surface area contributed by atoms with Crippen molar-refractivity contribution >= 4 is 27.5 Å². The van der Waals surface area contributed by atoms with E-state index < -0.39 is 15.9 Å². The molecular formula is C12H15ClN2O4S. The molecule has 0 spiro atoms. The molecular weight excluding hydrogens is 304 g/mol. The Hall–Kier alpha value is -1.41. The number of rotatable bonds is 6. The highest BCUT2D eigenvalue weighted by atomic mass is 35.5. The summed E-state index contributed by atoms with van der Waals surface area (Å²) in [5.41, 5.74) is 0.0804. The minimum Gasteiger partial charge on any atom is -0.395 e. The van der Waals surface area contributed by atoms with Crippen molar-refractivity contribution in [3.63, 3.8) is 0 Å². The van der Waals surface area contributed by atoms with Crippen LogP contribution in [0.3, 0.4) is 0 Å². The third-order valence-electron chi connectivity index (χ3n) is 2.45. The van der Waals surface area contributed by atoms with Crippen molar-refractivity contribution in [1.29, 1.82) is 0 Å². The Morgan fingerprint density at radius 3 is 2.60 bits per heavy atom. The van der Waals surface area contributed by atoms with Gasteiger partial charge in [-0.3, -0.25) is 4.79 Å². The van der Waals surface area contributed by atoms with E-state index in [1.54, 1.807) is 0 Å². The number of halogens is 1. The molecule has 8 heteroatoms. The van der Waals surface area contributed by atoms with Crippen LogP contribution in [0.5, 0.6) is 0 Å². The van der Waals surface area contributed by atoms with Gasteiger partial charge in [-0.25, -0.2) is 13.6 Å². The number of amides is 1. The van der Waals surface area contributed by atoms with Gasteiger partial charge in [0.1, 0.15) is 0 Å². The van der Waals surface area contributed by atoms with Crippen molar-refractivity contribution in [2.75, 3.05) is 19.7 Å². The fourth-order valence-corrected chi connectivity index (χ4v) is 2.47. The number of nitrogens with two attached hydrogens (primary N) is 1. The van der Waals surface area contributed by atoms with E-state index in [9.17, 15) is 13.2 Å². The standard InChI is InChI=1S/C12H15ClN2O4S/c1-2-3-15(4-5-16)12(17)9-6-10(13)8-11(7-9)20(14,18)19/h2,6-8,16H,1,3-5H2,(H2,14,18,19). The molecule has 1 aromatic rings. The predicted octanol–water partition coefficient (Wildman–Crippen LogP) is 0.608. The highest BCUT2D eigenvalue weighted by molar-refractivity contribution is 7.89. The molecule has 0 atom stereocenters. The van der Waals surface area contributed by atoms with Crippen LogP contribution in [0.15, 0.2) is 35.7 Å². The summed E-state index contributed by atoms with van der Waals surface area (Å²) in [7, 11) is -3.96. The van der Waals surface area contributed by atoms with Gasteiger partial charge in [0.05, 0.1) is 11.5 Å². The molecule has 0 aliphatic heterocycles. The number of benzene rings is 1. The van der Waals surface area contributed by atoms with Crippen LogP contribution < -0.4 is 5.14 Å². The Balaban J connectivity index is 3.21. The molecule has 0 saturated carbocycles. The molecule has 0 aromatic heterocycles. The van der Waals surface area contributed by atoms with E-state index in [2.05, 4.69) is 6.58 Å². The van der Waals surface area contributed by atoms with E-state index in [0.717, 1.165) is 12.1 Å². The Labute approximate surface area is 122 Å². The van der Waals surface area contributed by atoms with Crippen molar-refractivity contribution in [3.8, 4) is 0 Å². The van der Waals surface area contributed by atoms with Crippen LogP contribution in [0, 0.1) is 0 Å². The van der Waals surface area contributed by atoms with Crippen LogP contribution in [0.25, 0.3) is 0 Å². The van der Waals surface area contributed by atoms with Gasteiger partial charge in [0.25, 0.3) is 5.91 Å². The SMILES string of the molecule is C=CCN(CCO)C(=O)c1cc(Cl)cc(S(N)(=O)=O)c1. The van der Waals surface area contributed by atoms with Gasteiger partial charge in [0, 0.05) is 23.7 Å². The molecule has 110 valence electrons. The van der Waals surface area contributed by atoms with Gasteiger partial charge in [-0.15, -0.1) is 6.58 Å². The van der Waals surface area contributed by atoms with E-state index in [-0.39, 0.29) is 35.2 Å². The summed E-state index contributed by atoms with van der Waals surface area (Å²) in [6.45, 7) is 3.61. The summed E-state index contributed by atoms with van der Waals surface area (Å²) in [5, 5.41) is 14.0. The lowest BCUT2D eigenvalue weighted by molar-refractivity contribution is 0.0742. The molecule has 0 saturated heterocycles. The lowest BCUT2D eigenvalue weighted by Crippen LogP contribution is -2.33. The smallest absolute Gasteiger partial charge is 0.254 e. The molecule has 3 N–H and O–H groups in total. The molecule has 0 aliphatic rings. The molecule has 0 heterocycles. The quantitative estimate of drug-likeness (QED) is 0.750. The molecule has 1 rings (SSSR count). The fourth-order valence-electron chi connectivity index (χ4n) is 1.59. The van der Waals surface area contributed by atoms with Gasteiger partial charge in [0.2, 0.25) is 10.0 Å². The topological polar surface area (TPSA) is 101 Å². The number of hydrogen-bond donors (Lipinski definition) is 2. The summed E-state index contributed by atoms with van der Waals surface area (Å²) < 4.78 is 22.6. The highest BCUT2D eigenvalue weighted by Crippen LogP contribution is 2.19. The fraction of sp³-hybridized carbons (Fsp3) is 0.250. The van der Waals surface area contributed by atoms with Crippen molar-refractivity contribution in [2.45, 2.75) is 4.90 Å². The molecule has 0 radical (unpaired) electrons. The van der Waals surface area contributed by atoms with Crippen molar-refractivity contribution in [2.24, 2.45) is 5.14 Å². The van der Waals surface area contributed by atoms with Gasteiger partial charge in [-0.1, -0.05) is 17.7 Å². The first kappa shape index (κ1) is 16.6. The minimum absolute atomic E-state index is 0.0804. The maximum Gasteiger partial charge on any atom is 0.254 e. The van der Waals surface area contributed by atoms with Crippen LogP contribution in [0.2, 0.25) is 5.02 Å². The number of carbonyl (C=O) groups excluding carboxylic acids is 1. The maximum atomic E-state index is 12.2. The van der Waals surface area contributed by atoms with Gasteiger partial charge >= 0.3 is 0 Å². The Kier molecular flexibility index (Phi) is 5.70. The Morgan fingerprint density at radius 1 is 1.45 bits per heavy atom. The third kappa shape index (κ3) is 4.31. The number of carbonyl (C=O) groups is 1. The molecule has 0 aliphatic carbocycles. The summed E-state index contributed by atoms with van der Waals surface area (Å²) >= 11 is 5.80. The van der Waals surface area contributed by atoms with Gasteiger partial charge in [-0.2, -0.15) is 0 Å². The highest BCUT2D eigenvalue weighted by Gasteiger charge is 2.18. The zero-order chi connectivity index (χ0) is 15.3. The van der Waals surface area contributed by atoms with Crippen molar-refractivity contribution in [1.82, 2.24) is 4.90 Å². The number of primary sulfonamides is 1. The molecule has 0 fully saturated rings. The first-order chi connectivity index (χ1) is 9.29. The summed E-state index contributed by atoms with van der Waals surface area (Å²) in [6, 6.07) is 3.65. The minimum atomic E-state index is -3.96. The summed E-state index contributed by atoms with van der Waals surface area (Å²) in [5.74, 6) is -0.466. The zero-order valence-corrected chi connectivity index (χ0v) is 12.2. The molecule has 0 bridgehead atoms. The molecule has 1 aromatic carbocycles. The average molecular weight is 319 g/mol. The average Bonchev–Trinajstić information content (AvgIpc) is 2.36. The first-order valence-electron chi connectivity index (χ1n) is 5.64. The van der Waals surface area contributed by atoms with Crippen LogP contribution in [-0.4, -0.2) is 44.0 Å². The van der Waals surface area contributed by atoms with Crippen molar-refractivity contribution in [3.05, 3.63) is 41.4 Å². The second-order valence-corrected chi connectivity index (χ2v) is 5.98. The van der Waals surface area contributed by atoms with E-state index >= 15 is 0 Å². The molecule has 1 amide bonds. The van der Waals surface area contributed by atoms with Crippen molar-refractivity contribution < 1.29 is 18.3 Å². The van der Waals surface area contributed by atoms with E-state index in [4.69, 9.17) is 21.8 Å². The maximum absolute atomic E-state index is 12.2. The van der Waals surface area contributed by atoms with Crippen LogP contribution in [0.4, 0.5) is 0 Å². The number of nitrogens with zero attached hydrogens (tertiary/aromatic N) is 1. The molecule has 0 unspecified atom stereocenters. The van der Waals surface area contributed by atoms with Crippen LogP contribution >= 0.6 is 11.6 Å². The Bertz CT molecular complexity index is 616. The number of aliphatic hydroxyl groups excluding tert-OH is 1. The van der Waals surface area contributed by atoms with Crippen LogP contribution in [-0.2, 0) is 10.0 Å². The van der Waals surface area contributed by atoms with E-state index in [1.807, 2.05) is 0 Å². The second kappa shape index (κ2) is 6.85. The number of hydrogen-bond acceptors (Lipinski definition) is 4. The van der Waals surface area contributed by atoms with E-state index in [1.165, 1.54) is 17.0 Å². The lowest BCUT2D eigenvalue weighted by Gasteiger charge is -2.20. The zero-order valence-electron chi connectivity index (χ0n) is 10.6. The Morgan fingerprint density at radius 2 is 2.10 bits per heavy atom. The molecule has 6 nitrogen and oxygen atoms in total. The predicted molar refractivity (Wildman–Crippen MR) is 76.0 cm³/mol. The monoisotopic (exact) mass is 318 g/mol. The molecule has 20 heavy (non-hydrogen) atoms. The normalized spacial score (nSPS) is 11.2. The second-order valence-electron chi connectivity index (χ2n) is 3.98. The largest absolute Gasteiger partial charge is 0.395 e. The van der Waals surface area contributed by atoms with E-state index in [0.29, 0.717) is 0 Å². The van der Waals surface area contributed by atoms with Crippen LogP contribution in [0.1, 0.15) is 10.4 Å². The van der Waals surface area contributed by atoms with Gasteiger partial charge in [-0.05, 0) is 18.2 Å². The first-order valence-corrected chi connectivity index (χ1v) is 7.56.